The monoisotopic (exact) mass is 140 g/mol. The normalized spacial score (nSPS) is 40.7. The SMILES string of the molecule is C#CC1(C)CCCC(O)O1. The third-order valence-corrected chi connectivity index (χ3v) is 1.81. The predicted molar refractivity (Wildman–Crippen MR) is 38.2 cm³/mol. The lowest BCUT2D eigenvalue weighted by Crippen LogP contribution is -2.36. The van der Waals surface area contributed by atoms with E-state index in [9.17, 15) is 0 Å². The van der Waals surface area contributed by atoms with Crippen LogP contribution in [0.3, 0.4) is 0 Å². The minimum absolute atomic E-state index is 0.530. The Kier molecular flexibility index (Phi) is 1.98. The van der Waals surface area contributed by atoms with Gasteiger partial charge in [-0.15, -0.1) is 6.42 Å². The van der Waals surface area contributed by atoms with Gasteiger partial charge in [-0.25, -0.2) is 0 Å². The lowest BCUT2D eigenvalue weighted by molar-refractivity contribution is -0.183. The fraction of sp³-hybridized carbons (Fsp3) is 0.750. The molecule has 1 heterocycles. The summed E-state index contributed by atoms with van der Waals surface area (Å²) in [5.41, 5.74) is -0.530. The first-order valence-corrected chi connectivity index (χ1v) is 3.50. The lowest BCUT2D eigenvalue weighted by Gasteiger charge is -2.31. The fourth-order valence-corrected chi connectivity index (χ4v) is 1.14. The minimum atomic E-state index is -0.658. The molecule has 0 bridgehead atoms. The van der Waals surface area contributed by atoms with E-state index in [-0.39, 0.29) is 0 Å². The maximum absolute atomic E-state index is 9.06. The molecule has 0 saturated carbocycles. The van der Waals surface area contributed by atoms with Gasteiger partial charge in [-0.3, -0.25) is 0 Å². The van der Waals surface area contributed by atoms with Crippen LogP contribution in [0.4, 0.5) is 0 Å². The summed E-state index contributed by atoms with van der Waals surface area (Å²) in [5.74, 6) is 2.53. The van der Waals surface area contributed by atoms with Gasteiger partial charge in [0.25, 0.3) is 0 Å². The highest BCUT2D eigenvalue weighted by atomic mass is 16.6. The standard InChI is InChI=1S/C8H12O2/c1-3-8(2)6-4-5-7(9)10-8/h1,7,9H,4-6H2,2H3. The highest BCUT2D eigenvalue weighted by molar-refractivity contribution is 5.06. The van der Waals surface area contributed by atoms with Crippen LogP contribution in [-0.2, 0) is 4.74 Å². The van der Waals surface area contributed by atoms with E-state index in [0.29, 0.717) is 6.42 Å². The molecule has 0 aromatic carbocycles. The van der Waals surface area contributed by atoms with Crippen LogP contribution in [0.15, 0.2) is 0 Å². The minimum Gasteiger partial charge on any atom is -0.368 e. The zero-order valence-corrected chi connectivity index (χ0v) is 6.13. The summed E-state index contributed by atoms with van der Waals surface area (Å²) < 4.78 is 5.14. The number of aliphatic hydroxyl groups is 1. The largest absolute Gasteiger partial charge is 0.368 e. The highest BCUT2D eigenvalue weighted by Crippen LogP contribution is 2.26. The Hall–Kier alpha value is -0.520. The highest BCUT2D eigenvalue weighted by Gasteiger charge is 2.29. The van der Waals surface area contributed by atoms with Crippen LogP contribution in [0.2, 0.25) is 0 Å². The van der Waals surface area contributed by atoms with E-state index in [0.717, 1.165) is 12.8 Å². The van der Waals surface area contributed by atoms with Crippen molar-refractivity contribution in [2.75, 3.05) is 0 Å². The second-order valence-electron chi connectivity index (χ2n) is 2.84. The van der Waals surface area contributed by atoms with Crippen molar-refractivity contribution in [2.45, 2.75) is 38.1 Å². The van der Waals surface area contributed by atoms with Crippen molar-refractivity contribution in [3.63, 3.8) is 0 Å². The predicted octanol–water partition coefficient (Wildman–Crippen LogP) is 0.897. The third-order valence-electron chi connectivity index (χ3n) is 1.81. The summed E-state index contributed by atoms with van der Waals surface area (Å²) in [6, 6.07) is 0. The molecule has 0 aromatic rings. The summed E-state index contributed by atoms with van der Waals surface area (Å²) in [7, 11) is 0. The quantitative estimate of drug-likeness (QED) is 0.506. The number of terminal acetylenes is 1. The molecule has 1 saturated heterocycles. The van der Waals surface area contributed by atoms with Crippen molar-refractivity contribution in [3.8, 4) is 12.3 Å². The van der Waals surface area contributed by atoms with Gasteiger partial charge in [-0.2, -0.15) is 0 Å². The Morgan fingerprint density at radius 3 is 2.90 bits per heavy atom. The fourth-order valence-electron chi connectivity index (χ4n) is 1.14. The van der Waals surface area contributed by atoms with Crippen LogP contribution in [0.25, 0.3) is 0 Å². The van der Waals surface area contributed by atoms with Crippen LogP contribution in [-0.4, -0.2) is 17.0 Å². The van der Waals surface area contributed by atoms with Crippen molar-refractivity contribution in [3.05, 3.63) is 0 Å². The van der Waals surface area contributed by atoms with E-state index in [1.807, 2.05) is 6.92 Å². The van der Waals surface area contributed by atoms with Gasteiger partial charge in [0.15, 0.2) is 6.29 Å². The number of ether oxygens (including phenoxy) is 1. The van der Waals surface area contributed by atoms with E-state index >= 15 is 0 Å². The van der Waals surface area contributed by atoms with Crippen LogP contribution in [0.1, 0.15) is 26.2 Å². The average Bonchev–Trinajstić information content (AvgIpc) is 1.88. The van der Waals surface area contributed by atoms with Crippen molar-refractivity contribution >= 4 is 0 Å². The van der Waals surface area contributed by atoms with Crippen molar-refractivity contribution in [2.24, 2.45) is 0 Å². The van der Waals surface area contributed by atoms with E-state index in [4.69, 9.17) is 16.3 Å². The molecule has 1 fully saturated rings. The number of aliphatic hydroxyl groups excluding tert-OH is 1. The first-order chi connectivity index (χ1) is 4.66. The zero-order valence-electron chi connectivity index (χ0n) is 6.13. The third kappa shape index (κ3) is 1.50. The van der Waals surface area contributed by atoms with Crippen LogP contribution in [0, 0.1) is 12.3 Å². The first-order valence-electron chi connectivity index (χ1n) is 3.50. The Bertz CT molecular complexity index is 159. The molecule has 2 nitrogen and oxygen atoms in total. The molecule has 0 aliphatic carbocycles. The van der Waals surface area contributed by atoms with Gasteiger partial charge in [-0.1, -0.05) is 5.92 Å². The number of hydrogen-bond acceptors (Lipinski definition) is 2. The first kappa shape index (κ1) is 7.59. The second kappa shape index (κ2) is 2.61. The van der Waals surface area contributed by atoms with Gasteiger partial charge in [-0.05, 0) is 26.2 Å². The van der Waals surface area contributed by atoms with Gasteiger partial charge >= 0.3 is 0 Å². The summed E-state index contributed by atoms with van der Waals surface area (Å²) in [6.07, 6.45) is 7.06. The van der Waals surface area contributed by atoms with Crippen LogP contribution < -0.4 is 0 Å². The molecule has 0 aromatic heterocycles. The number of rotatable bonds is 0. The molecule has 0 radical (unpaired) electrons. The van der Waals surface area contributed by atoms with E-state index in [2.05, 4.69) is 5.92 Å². The van der Waals surface area contributed by atoms with Crippen LogP contribution in [0.5, 0.6) is 0 Å². The molecule has 1 rings (SSSR count). The van der Waals surface area contributed by atoms with Crippen LogP contribution >= 0.6 is 0 Å². The van der Waals surface area contributed by atoms with Gasteiger partial charge in [0.2, 0.25) is 0 Å². The molecular weight excluding hydrogens is 128 g/mol. The molecule has 2 heteroatoms. The summed E-state index contributed by atoms with van der Waals surface area (Å²) in [6.45, 7) is 1.83. The molecule has 10 heavy (non-hydrogen) atoms. The molecule has 2 unspecified atom stereocenters. The van der Waals surface area contributed by atoms with Crippen molar-refractivity contribution in [1.29, 1.82) is 0 Å². The maximum Gasteiger partial charge on any atom is 0.156 e. The Balaban J connectivity index is 2.56. The van der Waals surface area contributed by atoms with Crippen molar-refractivity contribution in [1.82, 2.24) is 0 Å². The topological polar surface area (TPSA) is 29.5 Å². The Labute approximate surface area is 61.2 Å². The zero-order chi connectivity index (χ0) is 7.61. The van der Waals surface area contributed by atoms with Gasteiger partial charge in [0.05, 0.1) is 0 Å². The van der Waals surface area contributed by atoms with Gasteiger partial charge in [0.1, 0.15) is 5.60 Å². The van der Waals surface area contributed by atoms with Gasteiger partial charge < -0.3 is 9.84 Å². The van der Waals surface area contributed by atoms with E-state index < -0.39 is 11.9 Å². The Morgan fingerprint density at radius 2 is 2.50 bits per heavy atom. The van der Waals surface area contributed by atoms with E-state index in [1.165, 1.54) is 0 Å². The Morgan fingerprint density at radius 1 is 1.80 bits per heavy atom. The lowest BCUT2D eigenvalue weighted by atomic mass is 9.97. The average molecular weight is 140 g/mol. The summed E-state index contributed by atoms with van der Waals surface area (Å²) in [4.78, 5) is 0. The molecule has 56 valence electrons. The molecule has 0 amide bonds. The molecular formula is C8H12O2. The maximum atomic E-state index is 9.06. The molecule has 1 aliphatic heterocycles. The summed E-state index contributed by atoms with van der Waals surface area (Å²) >= 11 is 0. The smallest absolute Gasteiger partial charge is 0.156 e. The van der Waals surface area contributed by atoms with Crippen molar-refractivity contribution < 1.29 is 9.84 Å². The molecule has 1 aliphatic rings. The molecule has 1 N–H and O–H groups in total. The molecule has 2 atom stereocenters. The number of hydrogen-bond donors (Lipinski definition) is 1. The second-order valence-corrected chi connectivity index (χ2v) is 2.84. The van der Waals surface area contributed by atoms with E-state index in [1.54, 1.807) is 0 Å². The van der Waals surface area contributed by atoms with Gasteiger partial charge in [0, 0.05) is 0 Å². The summed E-state index contributed by atoms with van der Waals surface area (Å²) in [5, 5.41) is 9.06. The molecule has 0 spiro atoms.